The molecule has 3 amide bonds. The second kappa shape index (κ2) is 18.3. The molecule has 6 rings (SSSR count). The molecule has 0 saturated carbocycles. The van der Waals surface area contributed by atoms with E-state index < -0.39 is 16.1 Å². The minimum absolute atomic E-state index is 0.0297. The quantitative estimate of drug-likeness (QED) is 0.0736. The Balaban J connectivity index is 1.14. The number of ether oxygens (including phenoxy) is 3. The van der Waals surface area contributed by atoms with Crippen molar-refractivity contribution in [2.75, 3.05) is 80.9 Å². The van der Waals surface area contributed by atoms with Gasteiger partial charge in [-0.1, -0.05) is 45.0 Å². The number of amides is 3. The SMILES string of the molecule is COc1cc(Nc2cc(Oc3ccc(NC(=O)Nc4cc(C(C)(C)C)cc(NS(C)(=O)=O)c4OC)c4ccccc34)ccn2)ccc1C(=O)NCCN1CCN(C)CC1(C)C. The minimum atomic E-state index is -3.65. The number of rotatable bonds is 14. The number of aromatic nitrogens is 1. The topological polar surface area (TPSA) is 175 Å². The van der Waals surface area contributed by atoms with E-state index in [4.69, 9.17) is 14.2 Å². The highest BCUT2D eigenvalue weighted by Crippen LogP contribution is 2.40. The number of urea groups is 1. The Bertz CT molecular complexity index is 2520. The predicted octanol–water partition coefficient (Wildman–Crippen LogP) is 7.86. The number of nitrogens with one attached hydrogen (secondary N) is 5. The molecule has 0 radical (unpaired) electrons. The number of carbonyl (C=O) groups is 2. The first-order chi connectivity index (χ1) is 28.8. The van der Waals surface area contributed by atoms with Gasteiger partial charge in [0.05, 0.1) is 43.1 Å². The van der Waals surface area contributed by atoms with E-state index in [-0.39, 0.29) is 28.3 Å². The number of sulfonamides is 1. The van der Waals surface area contributed by atoms with Gasteiger partial charge in [-0.25, -0.2) is 18.2 Å². The van der Waals surface area contributed by atoms with E-state index >= 15 is 0 Å². The van der Waals surface area contributed by atoms with Crippen molar-refractivity contribution in [3.63, 3.8) is 0 Å². The summed E-state index contributed by atoms with van der Waals surface area (Å²) in [6, 6.07) is 22.7. The fraction of sp³-hybridized carbons (Fsp3) is 0.356. The van der Waals surface area contributed by atoms with Gasteiger partial charge in [0.1, 0.15) is 23.1 Å². The zero-order chi connectivity index (χ0) is 44.1. The van der Waals surface area contributed by atoms with Gasteiger partial charge in [0, 0.05) is 73.1 Å². The molecule has 5 aromatic rings. The Morgan fingerprint density at radius 2 is 1.57 bits per heavy atom. The van der Waals surface area contributed by atoms with Gasteiger partial charge >= 0.3 is 6.03 Å². The maximum Gasteiger partial charge on any atom is 0.323 e. The lowest BCUT2D eigenvalue weighted by Crippen LogP contribution is -2.59. The summed E-state index contributed by atoms with van der Waals surface area (Å²) >= 11 is 0. The van der Waals surface area contributed by atoms with E-state index in [9.17, 15) is 18.0 Å². The van der Waals surface area contributed by atoms with Gasteiger partial charge in [0.25, 0.3) is 5.91 Å². The third-order valence-electron chi connectivity index (χ3n) is 10.4. The molecule has 1 saturated heterocycles. The highest BCUT2D eigenvalue weighted by molar-refractivity contribution is 7.92. The van der Waals surface area contributed by atoms with Crippen LogP contribution in [0.5, 0.6) is 23.0 Å². The molecule has 1 aromatic heterocycles. The van der Waals surface area contributed by atoms with Crippen LogP contribution in [0.15, 0.2) is 85.1 Å². The number of hydrogen-bond acceptors (Lipinski definition) is 11. The molecule has 1 aliphatic heterocycles. The first-order valence-corrected chi connectivity index (χ1v) is 21.8. The number of pyridine rings is 1. The lowest BCUT2D eigenvalue weighted by atomic mass is 9.86. The Labute approximate surface area is 358 Å². The summed E-state index contributed by atoms with van der Waals surface area (Å²) in [7, 11) is 1.43. The van der Waals surface area contributed by atoms with Gasteiger partial charge < -0.3 is 40.4 Å². The molecule has 0 atom stereocenters. The zero-order valence-corrected chi connectivity index (χ0v) is 37.0. The average Bonchev–Trinajstić information content (AvgIpc) is 3.18. The van der Waals surface area contributed by atoms with Gasteiger partial charge in [0.15, 0.2) is 5.75 Å². The van der Waals surface area contributed by atoms with Crippen molar-refractivity contribution < 1.29 is 32.2 Å². The second-order valence-corrected chi connectivity index (χ2v) is 18.5. The van der Waals surface area contributed by atoms with Gasteiger partial charge in [-0.05, 0) is 74.3 Å². The van der Waals surface area contributed by atoms with Crippen molar-refractivity contribution in [2.24, 2.45) is 0 Å². The summed E-state index contributed by atoms with van der Waals surface area (Å²) in [5.74, 6) is 1.95. The van der Waals surface area contributed by atoms with Crippen LogP contribution < -0.4 is 40.2 Å². The van der Waals surface area contributed by atoms with Crippen LogP contribution in [-0.2, 0) is 15.4 Å². The molecule has 2 heterocycles. The van der Waals surface area contributed by atoms with E-state index in [1.165, 1.54) is 14.2 Å². The van der Waals surface area contributed by atoms with E-state index in [1.807, 2.05) is 45.0 Å². The van der Waals surface area contributed by atoms with Gasteiger partial charge in [-0.15, -0.1) is 0 Å². The van der Waals surface area contributed by atoms with Crippen molar-refractivity contribution >= 4 is 61.3 Å². The average molecular weight is 853 g/mol. The number of methoxy groups -OCH3 is 2. The molecule has 0 bridgehead atoms. The standard InChI is InChI=1S/C45H56N8O7S/c1-44(2,3)29-24-36(41(59-8)37(25-29)51-61(9,56)57)50-43(55)49-35-16-17-38(33-13-11-10-12-32(33)35)60-31-18-19-46-40(27-31)48-30-14-15-34(39(26-30)58-7)42(54)47-20-21-53-23-22-52(6)28-45(53,4)5/h10-19,24-27,51H,20-23,28H2,1-9H3,(H,46,48)(H,47,54)(H2,49,50,55). The summed E-state index contributed by atoms with van der Waals surface area (Å²) in [6.45, 7) is 14.6. The molecule has 1 aliphatic rings. The number of benzene rings is 4. The van der Waals surface area contributed by atoms with Crippen LogP contribution in [-0.4, -0.2) is 101 Å². The van der Waals surface area contributed by atoms with E-state index in [0.717, 1.165) is 48.8 Å². The third-order valence-corrected chi connectivity index (χ3v) is 11.0. The third kappa shape index (κ3) is 11.2. The summed E-state index contributed by atoms with van der Waals surface area (Å²) in [5.41, 5.74) is 2.57. The van der Waals surface area contributed by atoms with Crippen molar-refractivity contribution in [3.8, 4) is 23.0 Å². The van der Waals surface area contributed by atoms with E-state index in [0.29, 0.717) is 52.2 Å². The van der Waals surface area contributed by atoms with Crippen LogP contribution in [0.25, 0.3) is 10.8 Å². The molecule has 1 fully saturated rings. The highest BCUT2D eigenvalue weighted by Gasteiger charge is 2.32. The maximum absolute atomic E-state index is 13.5. The largest absolute Gasteiger partial charge is 0.496 e. The highest BCUT2D eigenvalue weighted by atomic mass is 32.2. The number of likely N-dealkylation sites (N-methyl/N-ethyl adjacent to an activating group) is 1. The molecular weight excluding hydrogens is 797 g/mol. The summed E-state index contributed by atoms with van der Waals surface area (Å²) < 4.78 is 44.5. The lowest BCUT2D eigenvalue weighted by Gasteiger charge is -2.46. The Kier molecular flexibility index (Phi) is 13.3. The summed E-state index contributed by atoms with van der Waals surface area (Å²) in [4.78, 5) is 36.0. The summed E-state index contributed by atoms with van der Waals surface area (Å²) in [5, 5.41) is 13.6. The van der Waals surface area contributed by atoms with E-state index in [2.05, 4.69) is 61.7 Å². The fourth-order valence-corrected chi connectivity index (χ4v) is 7.97. The van der Waals surface area contributed by atoms with Gasteiger partial charge in [-0.2, -0.15) is 0 Å². The Hall–Kier alpha value is -6.10. The first-order valence-electron chi connectivity index (χ1n) is 19.9. The molecule has 0 aliphatic carbocycles. The molecule has 61 heavy (non-hydrogen) atoms. The van der Waals surface area contributed by atoms with Crippen molar-refractivity contribution in [3.05, 3.63) is 96.2 Å². The molecule has 16 heteroatoms. The number of piperazine rings is 1. The maximum atomic E-state index is 13.5. The normalized spacial score (nSPS) is 14.5. The van der Waals surface area contributed by atoms with Crippen LogP contribution in [0.1, 0.15) is 50.5 Å². The number of fused-ring (bicyclic) bond motifs is 1. The minimum Gasteiger partial charge on any atom is -0.496 e. The molecule has 324 valence electrons. The van der Waals surface area contributed by atoms with Gasteiger partial charge in [0.2, 0.25) is 10.0 Å². The number of anilines is 5. The van der Waals surface area contributed by atoms with Crippen molar-refractivity contribution in [1.29, 1.82) is 0 Å². The molecule has 0 unspecified atom stereocenters. The zero-order valence-electron chi connectivity index (χ0n) is 36.2. The fourth-order valence-electron chi connectivity index (χ4n) is 7.42. The van der Waals surface area contributed by atoms with Crippen LogP contribution in [0, 0.1) is 0 Å². The summed E-state index contributed by atoms with van der Waals surface area (Å²) in [6.07, 6.45) is 2.68. The second-order valence-electron chi connectivity index (χ2n) is 16.8. The number of nitrogens with zero attached hydrogens (tertiary/aromatic N) is 3. The van der Waals surface area contributed by atoms with E-state index in [1.54, 1.807) is 60.8 Å². The smallest absolute Gasteiger partial charge is 0.323 e. The van der Waals surface area contributed by atoms with Crippen LogP contribution >= 0.6 is 0 Å². The van der Waals surface area contributed by atoms with Gasteiger partial charge in [-0.3, -0.25) is 14.4 Å². The predicted molar refractivity (Wildman–Crippen MR) is 243 cm³/mol. The Morgan fingerprint density at radius 1 is 0.852 bits per heavy atom. The van der Waals surface area contributed by atoms with Crippen molar-refractivity contribution in [1.82, 2.24) is 20.1 Å². The molecule has 15 nitrogen and oxygen atoms in total. The lowest BCUT2D eigenvalue weighted by molar-refractivity contribution is 0.0325. The van der Waals surface area contributed by atoms with Crippen LogP contribution in [0.2, 0.25) is 0 Å². The molecule has 0 spiro atoms. The number of carbonyl (C=O) groups excluding carboxylic acids is 2. The Morgan fingerprint density at radius 3 is 2.26 bits per heavy atom. The van der Waals surface area contributed by atoms with Crippen LogP contribution in [0.3, 0.4) is 0 Å². The molecule has 5 N–H and O–H groups in total. The van der Waals surface area contributed by atoms with Crippen molar-refractivity contribution in [2.45, 2.75) is 45.6 Å². The molecular formula is C45H56N8O7S. The first kappa shape index (κ1) is 44.5. The number of hydrogen-bond donors (Lipinski definition) is 5. The monoisotopic (exact) mass is 852 g/mol. The van der Waals surface area contributed by atoms with Crippen LogP contribution in [0.4, 0.5) is 33.4 Å². The molecule has 4 aromatic carbocycles.